The molecule has 1 aliphatic rings. The molecule has 0 saturated heterocycles. The van der Waals surface area contributed by atoms with Crippen molar-refractivity contribution in [3.63, 3.8) is 0 Å². The van der Waals surface area contributed by atoms with E-state index >= 15 is 0 Å². The average Bonchev–Trinajstić information content (AvgIpc) is 3.35. The maximum atomic E-state index is 13.1. The number of anilines is 2. The minimum atomic E-state index is -1.07. The van der Waals surface area contributed by atoms with Crippen LogP contribution in [0.3, 0.4) is 0 Å². The third kappa shape index (κ3) is 3.36. The Kier molecular flexibility index (Phi) is 4.77. The Labute approximate surface area is 190 Å². The maximum absolute atomic E-state index is 13.1. The number of nitrogen functional groups attached to an aromatic ring is 1. The smallest absolute Gasteiger partial charge is 0.240 e. The summed E-state index contributed by atoms with van der Waals surface area (Å²) >= 11 is 0. The normalized spacial score (nSPS) is 17.5. The van der Waals surface area contributed by atoms with Gasteiger partial charge in [-0.25, -0.2) is 19.9 Å². The monoisotopic (exact) mass is 443 g/mol. The van der Waals surface area contributed by atoms with Gasteiger partial charge in [-0.15, -0.1) is 0 Å². The highest BCUT2D eigenvalue weighted by molar-refractivity contribution is 6.09. The predicted octanol–water partition coefficient (Wildman–Crippen LogP) is 3.32. The molecule has 4 aromatic rings. The molecule has 4 N–H and O–H groups in total. The van der Waals surface area contributed by atoms with E-state index in [1.54, 1.807) is 37.4 Å². The summed E-state index contributed by atoms with van der Waals surface area (Å²) in [7, 11) is 0. The van der Waals surface area contributed by atoms with Gasteiger partial charge >= 0.3 is 0 Å². The van der Waals surface area contributed by atoms with E-state index in [2.05, 4.69) is 34.1 Å². The van der Waals surface area contributed by atoms with E-state index in [9.17, 15) is 9.90 Å². The van der Waals surface area contributed by atoms with Crippen LogP contribution in [0.15, 0.2) is 42.9 Å². The van der Waals surface area contributed by atoms with E-state index in [1.807, 2.05) is 16.8 Å². The molecule has 0 radical (unpaired) electrons. The number of nitrogens with zero attached hydrogens (tertiary/aromatic N) is 5. The number of imidazole rings is 1. The molecule has 168 valence electrons. The van der Waals surface area contributed by atoms with Crippen molar-refractivity contribution in [2.24, 2.45) is 5.92 Å². The molecule has 0 bridgehead atoms. The minimum Gasteiger partial charge on any atom is -0.508 e. The Morgan fingerprint density at radius 1 is 1.18 bits per heavy atom. The first-order chi connectivity index (χ1) is 15.8. The van der Waals surface area contributed by atoms with Crippen LogP contribution in [0, 0.1) is 5.92 Å². The Morgan fingerprint density at radius 3 is 2.67 bits per heavy atom. The van der Waals surface area contributed by atoms with Gasteiger partial charge in [0.25, 0.3) is 0 Å². The molecule has 0 aliphatic carbocycles. The molecule has 0 fully saturated rings. The van der Waals surface area contributed by atoms with Crippen LogP contribution in [0.25, 0.3) is 17.2 Å². The summed E-state index contributed by atoms with van der Waals surface area (Å²) in [6, 6.07) is 6.49. The van der Waals surface area contributed by atoms with Crippen LogP contribution in [0.1, 0.15) is 44.0 Å². The number of rotatable bonds is 5. The summed E-state index contributed by atoms with van der Waals surface area (Å²) in [5.41, 5.74) is 8.77. The fraction of sp³-hybridized carbons (Fsp3) is 0.292. The lowest BCUT2D eigenvalue weighted by atomic mass is 9.78. The summed E-state index contributed by atoms with van der Waals surface area (Å²) in [4.78, 5) is 31.5. The van der Waals surface area contributed by atoms with Crippen molar-refractivity contribution in [2.75, 3.05) is 11.1 Å². The molecule has 1 atom stereocenters. The third-order valence-electron chi connectivity index (χ3n) is 6.20. The van der Waals surface area contributed by atoms with Crippen LogP contribution in [0.4, 0.5) is 11.6 Å². The fourth-order valence-corrected chi connectivity index (χ4v) is 4.29. The van der Waals surface area contributed by atoms with Crippen LogP contribution in [-0.2, 0) is 16.6 Å². The molecule has 0 unspecified atom stereocenters. The second kappa shape index (κ2) is 7.54. The number of benzene rings is 1. The lowest BCUT2D eigenvalue weighted by Gasteiger charge is -2.23. The van der Waals surface area contributed by atoms with Gasteiger partial charge in [0.15, 0.2) is 11.5 Å². The van der Waals surface area contributed by atoms with Crippen molar-refractivity contribution < 1.29 is 9.90 Å². The number of amides is 1. The van der Waals surface area contributed by atoms with E-state index in [4.69, 9.17) is 10.7 Å². The Morgan fingerprint density at radius 2 is 1.94 bits per heavy atom. The number of carbonyl (C=O) groups excluding carboxylic acids is 1. The lowest BCUT2D eigenvalue weighted by molar-refractivity contribution is -0.119. The number of aromatic hydroxyl groups is 1. The number of phenols is 1. The van der Waals surface area contributed by atoms with Crippen molar-refractivity contribution in [3.8, 4) is 17.3 Å². The zero-order chi connectivity index (χ0) is 23.3. The Balaban J connectivity index is 1.61. The SMILES string of the molecule is CC(C)CCc1nc(-c2nc(N)c3c(n2)NC(=O)[C@]3(C)c2ccc(O)cc2)cn2ccnc12. The molecular formula is C24H25N7O2. The number of aromatic nitrogens is 5. The number of phenolic OH excluding ortho intramolecular Hbond substituents is 1. The van der Waals surface area contributed by atoms with Crippen LogP contribution in [0.5, 0.6) is 5.75 Å². The molecule has 5 rings (SSSR count). The number of nitrogens with two attached hydrogens (primary N) is 1. The van der Waals surface area contributed by atoms with Gasteiger partial charge in [-0.05, 0) is 43.4 Å². The quantitative estimate of drug-likeness (QED) is 0.431. The standard InChI is InChI=1S/C24H25N7O2/c1-13(2)4-9-16-22-26-10-11-31(22)12-17(27-16)20-28-19(25)18-21(29-20)30-23(33)24(18,3)14-5-7-15(32)8-6-14/h5-8,10-13,32H,4,9H2,1-3H3,(H3,25,28,29,30,33)/t24-/m1/s1. The van der Waals surface area contributed by atoms with E-state index < -0.39 is 5.41 Å². The summed E-state index contributed by atoms with van der Waals surface area (Å²) in [5, 5.41) is 12.5. The van der Waals surface area contributed by atoms with Crippen LogP contribution >= 0.6 is 0 Å². The second-order valence-electron chi connectivity index (χ2n) is 8.95. The number of aryl methyl sites for hydroxylation is 1. The highest BCUT2D eigenvalue weighted by Gasteiger charge is 2.47. The number of nitrogens with one attached hydrogen (secondary N) is 1. The first-order valence-electron chi connectivity index (χ1n) is 10.9. The number of hydrogen-bond acceptors (Lipinski definition) is 7. The van der Waals surface area contributed by atoms with Gasteiger partial charge in [-0.3, -0.25) is 4.79 Å². The van der Waals surface area contributed by atoms with E-state index in [1.165, 1.54) is 0 Å². The lowest BCUT2D eigenvalue weighted by Crippen LogP contribution is -2.32. The molecular weight excluding hydrogens is 418 g/mol. The highest BCUT2D eigenvalue weighted by Crippen LogP contribution is 2.45. The molecule has 1 aromatic carbocycles. The Hall–Kier alpha value is -4.01. The van der Waals surface area contributed by atoms with Gasteiger partial charge in [0.05, 0.1) is 11.3 Å². The van der Waals surface area contributed by atoms with Gasteiger partial charge in [0.2, 0.25) is 5.91 Å². The average molecular weight is 444 g/mol. The molecule has 3 aromatic heterocycles. The zero-order valence-corrected chi connectivity index (χ0v) is 18.7. The second-order valence-corrected chi connectivity index (χ2v) is 8.95. The zero-order valence-electron chi connectivity index (χ0n) is 18.7. The topological polar surface area (TPSA) is 131 Å². The van der Waals surface area contributed by atoms with E-state index in [-0.39, 0.29) is 17.5 Å². The van der Waals surface area contributed by atoms with Gasteiger partial charge in [-0.1, -0.05) is 26.0 Å². The predicted molar refractivity (Wildman–Crippen MR) is 125 cm³/mol. The summed E-state index contributed by atoms with van der Waals surface area (Å²) in [5.74, 6) is 1.31. The van der Waals surface area contributed by atoms with Gasteiger partial charge in [-0.2, -0.15) is 0 Å². The summed E-state index contributed by atoms with van der Waals surface area (Å²) in [6.07, 6.45) is 7.17. The first-order valence-corrected chi connectivity index (χ1v) is 10.9. The van der Waals surface area contributed by atoms with Crippen molar-refractivity contribution in [1.29, 1.82) is 0 Å². The summed E-state index contributed by atoms with van der Waals surface area (Å²) < 4.78 is 1.91. The van der Waals surface area contributed by atoms with Gasteiger partial charge < -0.3 is 20.6 Å². The largest absolute Gasteiger partial charge is 0.508 e. The minimum absolute atomic E-state index is 0.120. The summed E-state index contributed by atoms with van der Waals surface area (Å²) in [6.45, 7) is 6.12. The van der Waals surface area contributed by atoms with Gasteiger partial charge in [0.1, 0.15) is 28.5 Å². The molecule has 1 amide bonds. The molecule has 4 heterocycles. The highest BCUT2D eigenvalue weighted by atomic mass is 16.3. The number of hydrogen-bond donors (Lipinski definition) is 3. The molecule has 9 nitrogen and oxygen atoms in total. The Bertz CT molecular complexity index is 1380. The van der Waals surface area contributed by atoms with Gasteiger partial charge in [0, 0.05) is 18.6 Å². The number of fused-ring (bicyclic) bond motifs is 2. The van der Waals surface area contributed by atoms with Crippen molar-refractivity contribution in [2.45, 2.75) is 39.0 Å². The van der Waals surface area contributed by atoms with Crippen molar-refractivity contribution >= 4 is 23.2 Å². The van der Waals surface area contributed by atoms with Crippen molar-refractivity contribution in [3.05, 3.63) is 59.7 Å². The first kappa shape index (κ1) is 20.9. The number of carbonyl (C=O) groups is 1. The molecule has 0 saturated carbocycles. The van der Waals surface area contributed by atoms with Crippen LogP contribution in [-0.4, -0.2) is 35.4 Å². The van der Waals surface area contributed by atoms with Crippen LogP contribution < -0.4 is 11.1 Å². The third-order valence-corrected chi connectivity index (χ3v) is 6.20. The maximum Gasteiger partial charge on any atom is 0.240 e. The molecule has 9 heteroatoms. The van der Waals surface area contributed by atoms with Crippen molar-refractivity contribution in [1.82, 2.24) is 24.3 Å². The van der Waals surface area contributed by atoms with Crippen LogP contribution in [0.2, 0.25) is 0 Å². The fourth-order valence-electron chi connectivity index (χ4n) is 4.29. The van der Waals surface area contributed by atoms with E-state index in [0.717, 1.165) is 24.2 Å². The molecule has 1 aliphatic heterocycles. The molecule has 33 heavy (non-hydrogen) atoms. The molecule has 0 spiro atoms. The van der Waals surface area contributed by atoms with E-state index in [0.29, 0.717) is 34.4 Å².